The molecule has 0 radical (unpaired) electrons. The summed E-state index contributed by atoms with van der Waals surface area (Å²) in [4.78, 5) is 22.4. The fraction of sp³-hybridized carbons (Fsp3) is 0.200. The van der Waals surface area contributed by atoms with Crippen LogP contribution in [0.4, 0.5) is 0 Å². The lowest BCUT2D eigenvalue weighted by atomic mass is 9.99. The van der Waals surface area contributed by atoms with Gasteiger partial charge in [-0.2, -0.15) is 0 Å². The second-order valence-electron chi connectivity index (χ2n) is 3.13. The van der Waals surface area contributed by atoms with E-state index in [1.165, 1.54) is 0 Å². The molecule has 0 amide bonds. The first-order valence-corrected chi connectivity index (χ1v) is 3.98. The molecule has 1 heterocycles. The van der Waals surface area contributed by atoms with Crippen molar-refractivity contribution >= 4 is 11.9 Å². The van der Waals surface area contributed by atoms with Gasteiger partial charge in [0, 0.05) is 0 Å². The zero-order chi connectivity index (χ0) is 9.59. The molecule has 0 N–H and O–H groups in total. The van der Waals surface area contributed by atoms with E-state index in [0.29, 0.717) is 11.1 Å². The fourth-order valence-corrected chi connectivity index (χ4v) is 1.52. The summed E-state index contributed by atoms with van der Waals surface area (Å²) in [5.41, 5.74) is 2.42. The van der Waals surface area contributed by atoms with Gasteiger partial charge in [-0.1, -0.05) is 12.1 Å². The smallest absolute Gasteiger partial charge is 0.347 e. The predicted molar refractivity (Wildman–Crippen MR) is 45.7 cm³/mol. The van der Waals surface area contributed by atoms with Crippen LogP contribution in [0.15, 0.2) is 12.1 Å². The monoisotopic (exact) mass is 176 g/mol. The molecular weight excluding hydrogens is 168 g/mol. The number of rotatable bonds is 0. The third kappa shape index (κ3) is 0.967. The minimum atomic E-state index is -0.527. The van der Waals surface area contributed by atoms with Crippen molar-refractivity contribution < 1.29 is 14.3 Å². The fourth-order valence-electron chi connectivity index (χ4n) is 1.52. The molecule has 0 spiro atoms. The maximum Gasteiger partial charge on any atom is 0.347 e. The van der Waals surface area contributed by atoms with Crippen molar-refractivity contribution in [3.63, 3.8) is 0 Å². The van der Waals surface area contributed by atoms with E-state index in [4.69, 9.17) is 0 Å². The van der Waals surface area contributed by atoms with Gasteiger partial charge in [0.15, 0.2) is 0 Å². The molecule has 3 heteroatoms. The van der Waals surface area contributed by atoms with Gasteiger partial charge in [-0.05, 0) is 25.0 Å². The summed E-state index contributed by atoms with van der Waals surface area (Å²) in [6, 6.07) is 3.63. The Morgan fingerprint density at radius 3 is 1.69 bits per heavy atom. The molecule has 13 heavy (non-hydrogen) atoms. The largest absolute Gasteiger partial charge is 0.386 e. The second kappa shape index (κ2) is 2.42. The van der Waals surface area contributed by atoms with E-state index < -0.39 is 11.9 Å². The summed E-state index contributed by atoms with van der Waals surface area (Å²) in [6.45, 7) is 3.58. The molecule has 0 atom stereocenters. The lowest BCUT2D eigenvalue weighted by molar-refractivity contribution is 0.0443. The summed E-state index contributed by atoms with van der Waals surface area (Å²) in [7, 11) is 0. The number of esters is 2. The van der Waals surface area contributed by atoms with E-state index in [2.05, 4.69) is 4.74 Å². The van der Waals surface area contributed by atoms with Crippen molar-refractivity contribution in [1.82, 2.24) is 0 Å². The highest BCUT2D eigenvalue weighted by molar-refractivity contribution is 6.16. The molecule has 1 aliphatic rings. The van der Waals surface area contributed by atoms with Crippen LogP contribution < -0.4 is 0 Å². The number of fused-ring (bicyclic) bond motifs is 1. The van der Waals surface area contributed by atoms with Crippen LogP contribution in [0.1, 0.15) is 31.8 Å². The van der Waals surface area contributed by atoms with E-state index in [-0.39, 0.29) is 0 Å². The van der Waals surface area contributed by atoms with Gasteiger partial charge < -0.3 is 4.74 Å². The molecule has 0 bridgehead atoms. The average Bonchev–Trinajstić information content (AvgIpc) is 2.36. The molecule has 1 aromatic rings. The van der Waals surface area contributed by atoms with Gasteiger partial charge in [0.05, 0.1) is 11.1 Å². The van der Waals surface area contributed by atoms with Crippen molar-refractivity contribution in [2.24, 2.45) is 0 Å². The standard InChI is InChI=1S/C10H8O3/c1-5-3-4-6(2)8-7(5)9(11)13-10(8)12/h3-4H,1-2H3. The first-order valence-electron chi connectivity index (χ1n) is 3.98. The minimum absolute atomic E-state index is 0.421. The normalized spacial score (nSPS) is 14.3. The van der Waals surface area contributed by atoms with E-state index in [9.17, 15) is 9.59 Å². The molecule has 1 aromatic carbocycles. The second-order valence-corrected chi connectivity index (χ2v) is 3.13. The minimum Gasteiger partial charge on any atom is -0.386 e. The first kappa shape index (κ1) is 7.98. The van der Waals surface area contributed by atoms with Crippen LogP contribution in [-0.2, 0) is 4.74 Å². The molecule has 66 valence electrons. The van der Waals surface area contributed by atoms with E-state index in [1.54, 1.807) is 13.8 Å². The lowest BCUT2D eigenvalue weighted by Gasteiger charge is -2.00. The number of benzene rings is 1. The van der Waals surface area contributed by atoms with Gasteiger partial charge >= 0.3 is 11.9 Å². The number of aryl methyl sites for hydroxylation is 2. The Labute approximate surface area is 75.3 Å². The van der Waals surface area contributed by atoms with Gasteiger partial charge in [-0.3, -0.25) is 0 Å². The number of hydrogen-bond acceptors (Lipinski definition) is 3. The van der Waals surface area contributed by atoms with Crippen LogP contribution in [-0.4, -0.2) is 11.9 Å². The van der Waals surface area contributed by atoms with Crippen molar-refractivity contribution in [2.45, 2.75) is 13.8 Å². The Kier molecular flexibility index (Phi) is 1.49. The zero-order valence-corrected chi connectivity index (χ0v) is 7.38. The molecule has 0 fully saturated rings. The van der Waals surface area contributed by atoms with Gasteiger partial charge in [0.2, 0.25) is 0 Å². The molecule has 2 rings (SSSR count). The Morgan fingerprint density at radius 1 is 0.923 bits per heavy atom. The molecule has 0 aromatic heterocycles. The number of carbonyl (C=O) groups excluding carboxylic acids is 2. The quantitative estimate of drug-likeness (QED) is 0.445. The lowest BCUT2D eigenvalue weighted by Crippen LogP contribution is -1.97. The highest BCUT2D eigenvalue weighted by Gasteiger charge is 2.32. The number of ether oxygens (including phenoxy) is 1. The Morgan fingerprint density at radius 2 is 1.31 bits per heavy atom. The van der Waals surface area contributed by atoms with Crippen molar-refractivity contribution in [2.75, 3.05) is 0 Å². The van der Waals surface area contributed by atoms with Gasteiger partial charge in [0.1, 0.15) is 0 Å². The molecule has 1 aliphatic heterocycles. The summed E-state index contributed by atoms with van der Waals surface area (Å²) >= 11 is 0. The van der Waals surface area contributed by atoms with Gasteiger partial charge in [-0.15, -0.1) is 0 Å². The summed E-state index contributed by atoms with van der Waals surface area (Å²) in [5, 5.41) is 0. The Balaban J connectivity index is 2.81. The van der Waals surface area contributed by atoms with Crippen LogP contribution >= 0.6 is 0 Å². The SMILES string of the molecule is Cc1ccc(C)c2c1C(=O)OC2=O. The average molecular weight is 176 g/mol. The first-order chi connectivity index (χ1) is 6.11. The van der Waals surface area contributed by atoms with Crippen LogP contribution in [0.5, 0.6) is 0 Å². The maximum atomic E-state index is 11.2. The molecule has 0 saturated heterocycles. The van der Waals surface area contributed by atoms with E-state index in [0.717, 1.165) is 11.1 Å². The van der Waals surface area contributed by atoms with Crippen LogP contribution in [0, 0.1) is 13.8 Å². The van der Waals surface area contributed by atoms with Crippen LogP contribution in [0.25, 0.3) is 0 Å². The predicted octanol–water partition coefficient (Wildman–Crippen LogP) is 1.61. The molecular formula is C10H8O3. The number of cyclic esters (lactones) is 2. The van der Waals surface area contributed by atoms with Gasteiger partial charge in [0.25, 0.3) is 0 Å². The Bertz CT molecular complexity index is 379. The highest BCUT2D eigenvalue weighted by atomic mass is 16.6. The van der Waals surface area contributed by atoms with E-state index >= 15 is 0 Å². The molecule has 0 aliphatic carbocycles. The maximum absolute atomic E-state index is 11.2. The van der Waals surface area contributed by atoms with Crippen molar-refractivity contribution in [3.05, 3.63) is 34.4 Å². The summed E-state index contributed by atoms with van der Waals surface area (Å²) in [6.07, 6.45) is 0. The van der Waals surface area contributed by atoms with Crippen molar-refractivity contribution in [3.8, 4) is 0 Å². The topological polar surface area (TPSA) is 43.4 Å². The highest BCUT2D eigenvalue weighted by Crippen LogP contribution is 2.25. The molecule has 3 nitrogen and oxygen atoms in total. The Hall–Kier alpha value is -1.64. The number of hydrogen-bond donors (Lipinski definition) is 0. The van der Waals surface area contributed by atoms with Crippen molar-refractivity contribution in [1.29, 1.82) is 0 Å². The summed E-state index contributed by atoms with van der Waals surface area (Å²) < 4.78 is 4.52. The molecule has 0 saturated carbocycles. The zero-order valence-electron chi connectivity index (χ0n) is 7.38. The molecule has 0 unspecified atom stereocenters. The van der Waals surface area contributed by atoms with Crippen LogP contribution in [0.2, 0.25) is 0 Å². The number of carbonyl (C=O) groups is 2. The van der Waals surface area contributed by atoms with Gasteiger partial charge in [-0.25, -0.2) is 9.59 Å². The third-order valence-electron chi connectivity index (χ3n) is 2.22. The van der Waals surface area contributed by atoms with E-state index in [1.807, 2.05) is 12.1 Å². The third-order valence-corrected chi connectivity index (χ3v) is 2.22. The summed E-state index contributed by atoms with van der Waals surface area (Å²) in [5.74, 6) is -1.05. The van der Waals surface area contributed by atoms with Crippen LogP contribution in [0.3, 0.4) is 0 Å².